The molecule has 1 saturated heterocycles. The quantitative estimate of drug-likeness (QED) is 0.334. The smallest absolute Gasteiger partial charge is 0.234 e. The average Bonchev–Trinajstić information content (AvgIpc) is 2.99. The molecule has 1 aromatic heterocycles. The van der Waals surface area contributed by atoms with E-state index in [4.69, 9.17) is 4.99 Å². The summed E-state index contributed by atoms with van der Waals surface area (Å²) in [6.45, 7) is 13.7. The number of guanidine groups is 1. The zero-order valence-corrected chi connectivity index (χ0v) is 20.0. The molecule has 0 saturated carbocycles. The molecule has 2 heterocycles. The number of carbonyl (C=O) groups is 1. The molecule has 27 heavy (non-hydrogen) atoms. The van der Waals surface area contributed by atoms with Crippen LogP contribution in [0.4, 0.5) is 0 Å². The van der Waals surface area contributed by atoms with Crippen LogP contribution >= 0.6 is 35.3 Å². The van der Waals surface area contributed by atoms with Crippen molar-refractivity contribution in [2.24, 2.45) is 4.99 Å². The fraction of sp³-hybridized carbons (Fsp3) is 0.722. The molecule has 2 rings (SSSR count). The van der Waals surface area contributed by atoms with Crippen molar-refractivity contribution in [1.29, 1.82) is 0 Å². The van der Waals surface area contributed by atoms with Gasteiger partial charge in [0.1, 0.15) is 0 Å². The topological polar surface area (TPSA) is 72.9 Å². The van der Waals surface area contributed by atoms with Crippen LogP contribution in [-0.4, -0.2) is 78.5 Å². The van der Waals surface area contributed by atoms with E-state index in [1.165, 1.54) is 4.88 Å². The summed E-state index contributed by atoms with van der Waals surface area (Å²) < 4.78 is 0. The minimum absolute atomic E-state index is 0. The van der Waals surface area contributed by atoms with Crippen molar-refractivity contribution in [3.63, 3.8) is 0 Å². The summed E-state index contributed by atoms with van der Waals surface area (Å²) in [6, 6.07) is 0.193. The van der Waals surface area contributed by atoms with Gasteiger partial charge in [-0.2, -0.15) is 0 Å². The lowest BCUT2D eigenvalue weighted by atomic mass is 10.3. The number of hydrogen-bond acceptors (Lipinski definition) is 5. The lowest BCUT2D eigenvalue weighted by Crippen LogP contribution is -2.54. The number of nitrogens with one attached hydrogen (secondary N) is 2. The van der Waals surface area contributed by atoms with Crippen LogP contribution in [0, 0.1) is 6.92 Å². The average molecular weight is 508 g/mol. The highest BCUT2D eigenvalue weighted by atomic mass is 127. The van der Waals surface area contributed by atoms with Crippen LogP contribution in [0.25, 0.3) is 0 Å². The van der Waals surface area contributed by atoms with Crippen LogP contribution in [0.3, 0.4) is 0 Å². The number of aryl methyl sites for hydroxylation is 1. The minimum atomic E-state index is 0. The summed E-state index contributed by atoms with van der Waals surface area (Å²) in [7, 11) is 0. The van der Waals surface area contributed by atoms with Crippen molar-refractivity contribution in [3.05, 3.63) is 16.1 Å². The van der Waals surface area contributed by atoms with Crippen LogP contribution in [0.1, 0.15) is 30.7 Å². The van der Waals surface area contributed by atoms with E-state index in [0.29, 0.717) is 6.54 Å². The first kappa shape index (κ1) is 24.1. The molecule has 1 fully saturated rings. The van der Waals surface area contributed by atoms with Crippen LogP contribution in [-0.2, 0) is 11.2 Å². The number of halogens is 1. The number of nitrogens with zero attached hydrogens (tertiary/aromatic N) is 4. The fourth-order valence-corrected chi connectivity index (χ4v) is 3.66. The predicted octanol–water partition coefficient (Wildman–Crippen LogP) is 1.72. The molecule has 1 amide bonds. The second-order valence-electron chi connectivity index (χ2n) is 6.84. The van der Waals surface area contributed by atoms with E-state index in [2.05, 4.69) is 39.3 Å². The maximum absolute atomic E-state index is 11.9. The molecular weight excluding hydrogens is 475 g/mol. The molecule has 0 spiro atoms. The van der Waals surface area contributed by atoms with Crippen LogP contribution < -0.4 is 10.6 Å². The number of carbonyl (C=O) groups excluding carboxylic acids is 1. The van der Waals surface area contributed by atoms with E-state index in [1.54, 1.807) is 11.3 Å². The molecule has 154 valence electrons. The number of piperazine rings is 1. The lowest BCUT2D eigenvalue weighted by molar-refractivity contribution is -0.123. The Morgan fingerprint density at radius 1 is 1.33 bits per heavy atom. The Kier molecular flexibility index (Phi) is 11.2. The van der Waals surface area contributed by atoms with Crippen molar-refractivity contribution < 1.29 is 4.79 Å². The molecule has 0 aliphatic carbocycles. The molecule has 7 nitrogen and oxygen atoms in total. The second-order valence-corrected chi connectivity index (χ2v) is 8.16. The van der Waals surface area contributed by atoms with Gasteiger partial charge in [-0.3, -0.25) is 14.7 Å². The van der Waals surface area contributed by atoms with Gasteiger partial charge in [0.05, 0.1) is 11.6 Å². The Morgan fingerprint density at radius 2 is 2.04 bits per heavy atom. The third kappa shape index (κ3) is 8.73. The second kappa shape index (κ2) is 12.5. The number of thiazole rings is 1. The summed E-state index contributed by atoms with van der Waals surface area (Å²) >= 11 is 1.74. The van der Waals surface area contributed by atoms with Gasteiger partial charge in [-0.1, -0.05) is 0 Å². The molecule has 1 aromatic rings. The zero-order chi connectivity index (χ0) is 18.9. The van der Waals surface area contributed by atoms with Crippen LogP contribution in [0.5, 0.6) is 0 Å². The van der Waals surface area contributed by atoms with Gasteiger partial charge in [0.2, 0.25) is 5.91 Å². The monoisotopic (exact) mass is 508 g/mol. The van der Waals surface area contributed by atoms with E-state index in [1.807, 2.05) is 20.0 Å². The van der Waals surface area contributed by atoms with Gasteiger partial charge in [-0.25, -0.2) is 4.98 Å². The first-order chi connectivity index (χ1) is 12.5. The molecule has 2 N–H and O–H groups in total. The number of aliphatic imine (C=N–C) groups is 1. The highest BCUT2D eigenvalue weighted by Crippen LogP contribution is 2.11. The summed E-state index contributed by atoms with van der Waals surface area (Å²) in [5.74, 6) is 1.07. The Bertz CT molecular complexity index is 598. The molecule has 0 bridgehead atoms. The van der Waals surface area contributed by atoms with Crippen molar-refractivity contribution in [2.75, 3.05) is 45.8 Å². The maximum atomic E-state index is 11.9. The standard InChI is InChI=1S/C18H32N6OS.HI/c1-5-19-18(20-7-6-17-21-12-15(4)26-17)24-10-8-23(9-11-24)13-16(25)22-14(2)3;/h12,14H,5-11,13H2,1-4H3,(H,19,20)(H,22,25);1H. The number of rotatable bonds is 7. The van der Waals surface area contributed by atoms with Gasteiger partial charge in [0, 0.05) is 62.8 Å². The van der Waals surface area contributed by atoms with E-state index >= 15 is 0 Å². The molecular formula is C18H33IN6OS. The van der Waals surface area contributed by atoms with E-state index in [0.717, 1.165) is 56.7 Å². The van der Waals surface area contributed by atoms with Gasteiger partial charge < -0.3 is 15.5 Å². The van der Waals surface area contributed by atoms with Crippen molar-refractivity contribution in [2.45, 2.75) is 40.2 Å². The number of amides is 1. The normalized spacial score (nSPS) is 15.6. The van der Waals surface area contributed by atoms with Crippen molar-refractivity contribution >= 4 is 47.2 Å². The molecule has 0 atom stereocenters. The Balaban J connectivity index is 0.00000364. The highest BCUT2D eigenvalue weighted by Gasteiger charge is 2.21. The minimum Gasteiger partial charge on any atom is -0.357 e. The Hall–Kier alpha value is -0.940. The lowest BCUT2D eigenvalue weighted by Gasteiger charge is -2.36. The Morgan fingerprint density at radius 3 is 2.59 bits per heavy atom. The summed E-state index contributed by atoms with van der Waals surface area (Å²) in [6.07, 6.45) is 2.80. The number of aromatic nitrogens is 1. The van der Waals surface area contributed by atoms with Crippen molar-refractivity contribution in [1.82, 2.24) is 25.4 Å². The SMILES string of the molecule is CCNC(=NCCc1ncc(C)s1)N1CCN(CC(=O)NC(C)C)CC1.I. The van der Waals surface area contributed by atoms with Gasteiger partial charge in [0.15, 0.2) is 5.96 Å². The maximum Gasteiger partial charge on any atom is 0.234 e. The summed E-state index contributed by atoms with van der Waals surface area (Å²) in [5, 5.41) is 7.48. The third-order valence-corrected chi connectivity index (χ3v) is 5.05. The summed E-state index contributed by atoms with van der Waals surface area (Å²) in [5.41, 5.74) is 0. The molecule has 1 aliphatic heterocycles. The molecule has 9 heteroatoms. The molecule has 0 aromatic carbocycles. The fourth-order valence-electron chi connectivity index (χ4n) is 2.89. The highest BCUT2D eigenvalue weighted by molar-refractivity contribution is 14.0. The third-order valence-electron chi connectivity index (χ3n) is 4.08. The molecule has 0 radical (unpaired) electrons. The molecule has 0 unspecified atom stereocenters. The summed E-state index contributed by atoms with van der Waals surface area (Å²) in [4.78, 5) is 26.8. The van der Waals surface area contributed by atoms with E-state index in [9.17, 15) is 4.79 Å². The van der Waals surface area contributed by atoms with Crippen LogP contribution in [0.15, 0.2) is 11.2 Å². The largest absolute Gasteiger partial charge is 0.357 e. The van der Waals surface area contributed by atoms with Gasteiger partial charge in [-0.05, 0) is 27.7 Å². The predicted molar refractivity (Wildman–Crippen MR) is 123 cm³/mol. The van der Waals surface area contributed by atoms with Crippen molar-refractivity contribution in [3.8, 4) is 0 Å². The Labute approximate surface area is 184 Å². The first-order valence-corrected chi connectivity index (χ1v) is 10.3. The van der Waals surface area contributed by atoms with Gasteiger partial charge >= 0.3 is 0 Å². The van der Waals surface area contributed by atoms with Crippen LogP contribution in [0.2, 0.25) is 0 Å². The van der Waals surface area contributed by atoms with E-state index in [-0.39, 0.29) is 35.9 Å². The molecule has 1 aliphatic rings. The van der Waals surface area contributed by atoms with Gasteiger partial charge in [0.25, 0.3) is 0 Å². The zero-order valence-electron chi connectivity index (χ0n) is 16.8. The van der Waals surface area contributed by atoms with Gasteiger partial charge in [-0.15, -0.1) is 35.3 Å². The van der Waals surface area contributed by atoms with E-state index < -0.39 is 0 Å². The number of hydrogen-bond donors (Lipinski definition) is 2. The first-order valence-electron chi connectivity index (χ1n) is 9.44.